The molecular weight excluding hydrogens is 371 g/mol. The lowest BCUT2D eigenvalue weighted by Gasteiger charge is -2.17. The monoisotopic (exact) mass is 386 g/mol. The molecule has 0 unspecified atom stereocenters. The van der Waals surface area contributed by atoms with Crippen LogP contribution in [-0.2, 0) is 14.8 Å². The highest BCUT2D eigenvalue weighted by atomic mass is 35.5. The van der Waals surface area contributed by atoms with Crippen LogP contribution in [0.2, 0.25) is 5.02 Å². The summed E-state index contributed by atoms with van der Waals surface area (Å²) < 4.78 is 44.4. The number of hydrogen-bond donors (Lipinski definition) is 1. The van der Waals surface area contributed by atoms with E-state index < -0.39 is 28.3 Å². The van der Waals surface area contributed by atoms with Gasteiger partial charge in [-0.3, -0.25) is 4.79 Å². The van der Waals surface area contributed by atoms with Gasteiger partial charge < -0.3 is 10.1 Å². The van der Waals surface area contributed by atoms with Gasteiger partial charge in [-0.25, -0.2) is 12.8 Å². The minimum absolute atomic E-state index is 0.0224. The molecule has 9 heteroatoms. The molecule has 0 atom stereocenters. The van der Waals surface area contributed by atoms with E-state index in [2.05, 4.69) is 5.32 Å². The van der Waals surface area contributed by atoms with Crippen molar-refractivity contribution in [2.45, 2.75) is 4.90 Å². The fourth-order valence-electron chi connectivity index (χ4n) is 2.03. The molecule has 0 saturated heterocycles. The van der Waals surface area contributed by atoms with Crippen LogP contribution in [0.15, 0.2) is 47.4 Å². The maximum Gasteiger partial charge on any atom is 0.243 e. The zero-order chi connectivity index (χ0) is 18.6. The molecule has 0 bridgehead atoms. The van der Waals surface area contributed by atoms with Crippen molar-refractivity contribution >= 4 is 33.2 Å². The Hall–Kier alpha value is -2.16. The molecule has 134 valence electrons. The maximum absolute atomic E-state index is 13.5. The number of methoxy groups -OCH3 is 1. The van der Waals surface area contributed by atoms with Crippen LogP contribution in [0.1, 0.15) is 0 Å². The summed E-state index contributed by atoms with van der Waals surface area (Å²) in [6, 6.07) is 9.59. The Morgan fingerprint density at radius 1 is 1.28 bits per heavy atom. The number of nitrogens with zero attached hydrogens (tertiary/aromatic N) is 1. The van der Waals surface area contributed by atoms with Gasteiger partial charge in [0.2, 0.25) is 15.9 Å². The zero-order valence-electron chi connectivity index (χ0n) is 13.5. The summed E-state index contributed by atoms with van der Waals surface area (Å²) in [6.07, 6.45) is 0. The Morgan fingerprint density at radius 3 is 2.56 bits per heavy atom. The summed E-state index contributed by atoms with van der Waals surface area (Å²) >= 11 is 5.94. The first-order chi connectivity index (χ1) is 11.8. The number of hydrogen-bond acceptors (Lipinski definition) is 4. The van der Waals surface area contributed by atoms with Crippen molar-refractivity contribution in [1.29, 1.82) is 0 Å². The lowest BCUT2D eigenvalue weighted by atomic mass is 10.3. The van der Waals surface area contributed by atoms with Crippen molar-refractivity contribution in [3.8, 4) is 5.75 Å². The number of amides is 1. The molecule has 1 N–H and O–H groups in total. The first-order valence-corrected chi connectivity index (χ1v) is 8.91. The van der Waals surface area contributed by atoms with Gasteiger partial charge >= 0.3 is 0 Å². The molecule has 0 saturated carbocycles. The van der Waals surface area contributed by atoms with Gasteiger partial charge in [-0.1, -0.05) is 23.7 Å². The molecule has 2 aromatic carbocycles. The molecule has 2 rings (SSSR count). The Balaban J connectivity index is 2.13. The normalized spacial score (nSPS) is 11.4. The Bertz CT molecular complexity index is 889. The SMILES string of the molecule is COc1ccc(S(=O)(=O)N(C)CC(=O)Nc2ccccc2F)cc1Cl. The Kier molecular flexibility index (Phi) is 5.99. The second kappa shape index (κ2) is 7.81. The first kappa shape index (κ1) is 19.2. The van der Waals surface area contributed by atoms with Crippen molar-refractivity contribution < 1.29 is 22.3 Å². The highest BCUT2D eigenvalue weighted by Gasteiger charge is 2.24. The largest absolute Gasteiger partial charge is 0.495 e. The summed E-state index contributed by atoms with van der Waals surface area (Å²) in [4.78, 5) is 11.9. The Morgan fingerprint density at radius 2 is 1.96 bits per heavy atom. The van der Waals surface area contributed by atoms with Crippen molar-refractivity contribution in [1.82, 2.24) is 4.31 Å². The summed E-state index contributed by atoms with van der Waals surface area (Å²) in [6.45, 7) is -0.486. The molecule has 0 aromatic heterocycles. The highest BCUT2D eigenvalue weighted by Crippen LogP contribution is 2.28. The molecule has 0 fully saturated rings. The maximum atomic E-state index is 13.5. The number of carbonyl (C=O) groups excluding carboxylic acids is 1. The standard InChI is InChI=1S/C16H16ClFN2O4S/c1-20(10-16(21)19-14-6-4-3-5-13(14)18)25(22,23)11-7-8-15(24-2)12(17)9-11/h3-9H,10H2,1-2H3,(H,19,21). The van der Waals surface area contributed by atoms with E-state index in [0.29, 0.717) is 5.75 Å². The van der Waals surface area contributed by atoms with Crippen molar-refractivity contribution in [2.24, 2.45) is 0 Å². The van der Waals surface area contributed by atoms with E-state index in [-0.39, 0.29) is 15.6 Å². The number of likely N-dealkylation sites (N-methyl/N-ethyl adjacent to an activating group) is 1. The van der Waals surface area contributed by atoms with Crippen LogP contribution in [0.4, 0.5) is 10.1 Å². The van der Waals surface area contributed by atoms with E-state index in [1.807, 2.05) is 0 Å². The van der Waals surface area contributed by atoms with E-state index >= 15 is 0 Å². The van der Waals surface area contributed by atoms with Gasteiger partial charge in [-0.2, -0.15) is 4.31 Å². The summed E-state index contributed by atoms with van der Waals surface area (Å²) in [5.41, 5.74) is -0.0224. The number of halogens is 2. The number of anilines is 1. The third-order valence-electron chi connectivity index (χ3n) is 3.35. The zero-order valence-corrected chi connectivity index (χ0v) is 15.1. The van der Waals surface area contributed by atoms with Gasteiger partial charge in [0.1, 0.15) is 11.6 Å². The minimum atomic E-state index is -3.95. The molecule has 0 aliphatic heterocycles. The van der Waals surface area contributed by atoms with E-state index in [4.69, 9.17) is 16.3 Å². The van der Waals surface area contributed by atoms with Gasteiger partial charge in [0.05, 0.1) is 29.3 Å². The second-order valence-corrected chi connectivity index (χ2v) is 7.54. The minimum Gasteiger partial charge on any atom is -0.495 e. The van der Waals surface area contributed by atoms with E-state index in [0.717, 1.165) is 4.31 Å². The average molecular weight is 387 g/mol. The van der Waals surface area contributed by atoms with Crippen LogP contribution in [0.25, 0.3) is 0 Å². The predicted molar refractivity (Wildman–Crippen MR) is 92.8 cm³/mol. The molecule has 0 spiro atoms. The lowest BCUT2D eigenvalue weighted by molar-refractivity contribution is -0.116. The Labute approximate surface area is 150 Å². The smallest absolute Gasteiger partial charge is 0.243 e. The molecule has 0 aliphatic carbocycles. The number of rotatable bonds is 6. The molecule has 2 aromatic rings. The van der Waals surface area contributed by atoms with Crippen LogP contribution < -0.4 is 10.1 Å². The molecule has 0 aliphatic rings. The van der Waals surface area contributed by atoms with E-state index in [9.17, 15) is 17.6 Å². The second-order valence-electron chi connectivity index (χ2n) is 5.09. The molecular formula is C16H16ClFN2O4S. The van der Waals surface area contributed by atoms with Gasteiger partial charge in [-0.15, -0.1) is 0 Å². The van der Waals surface area contributed by atoms with Gasteiger partial charge in [0.25, 0.3) is 0 Å². The van der Waals surface area contributed by atoms with Crippen LogP contribution in [0.5, 0.6) is 5.75 Å². The summed E-state index contributed by atoms with van der Waals surface area (Å²) in [7, 11) is -1.29. The third-order valence-corrected chi connectivity index (χ3v) is 5.44. The lowest BCUT2D eigenvalue weighted by Crippen LogP contribution is -2.35. The quantitative estimate of drug-likeness (QED) is 0.828. The number of carbonyl (C=O) groups is 1. The predicted octanol–water partition coefficient (Wildman–Crippen LogP) is 2.75. The van der Waals surface area contributed by atoms with E-state index in [1.165, 1.54) is 50.6 Å². The number of ether oxygens (including phenoxy) is 1. The van der Waals surface area contributed by atoms with Crippen LogP contribution in [0.3, 0.4) is 0 Å². The van der Waals surface area contributed by atoms with Gasteiger partial charge in [0.15, 0.2) is 0 Å². The highest BCUT2D eigenvalue weighted by molar-refractivity contribution is 7.89. The van der Waals surface area contributed by atoms with Crippen molar-refractivity contribution in [2.75, 3.05) is 26.0 Å². The number of para-hydroxylation sites is 1. The molecule has 0 radical (unpaired) electrons. The van der Waals surface area contributed by atoms with Crippen LogP contribution in [-0.4, -0.2) is 39.3 Å². The molecule has 0 heterocycles. The molecule has 6 nitrogen and oxygen atoms in total. The van der Waals surface area contributed by atoms with Crippen LogP contribution >= 0.6 is 11.6 Å². The fourth-order valence-corrected chi connectivity index (χ4v) is 3.50. The molecule has 25 heavy (non-hydrogen) atoms. The number of sulfonamides is 1. The fraction of sp³-hybridized carbons (Fsp3) is 0.188. The third kappa shape index (κ3) is 4.47. The average Bonchev–Trinajstić information content (AvgIpc) is 2.56. The van der Waals surface area contributed by atoms with Crippen LogP contribution in [0, 0.1) is 5.82 Å². The first-order valence-electron chi connectivity index (χ1n) is 7.10. The number of benzene rings is 2. The summed E-state index contributed by atoms with van der Waals surface area (Å²) in [5, 5.41) is 2.46. The van der Waals surface area contributed by atoms with Crippen molar-refractivity contribution in [3.05, 3.63) is 53.3 Å². The van der Waals surface area contributed by atoms with Gasteiger partial charge in [-0.05, 0) is 30.3 Å². The van der Waals surface area contributed by atoms with Gasteiger partial charge in [0, 0.05) is 7.05 Å². The van der Waals surface area contributed by atoms with E-state index in [1.54, 1.807) is 6.07 Å². The number of nitrogens with one attached hydrogen (secondary N) is 1. The summed E-state index contributed by atoms with van der Waals surface area (Å²) in [5.74, 6) is -0.945. The topological polar surface area (TPSA) is 75.7 Å². The molecule has 1 amide bonds. The van der Waals surface area contributed by atoms with Crippen molar-refractivity contribution in [3.63, 3.8) is 0 Å².